The van der Waals surface area contributed by atoms with E-state index < -0.39 is 12.7 Å². The highest BCUT2D eigenvalue weighted by Crippen LogP contribution is 2.37. The van der Waals surface area contributed by atoms with E-state index in [0.717, 1.165) is 35.8 Å². The lowest BCUT2D eigenvalue weighted by molar-refractivity contribution is -0.0492. The second-order valence-corrected chi connectivity index (χ2v) is 8.16. The Bertz CT molecular complexity index is 766. The fourth-order valence-electron chi connectivity index (χ4n) is 3.25. The summed E-state index contributed by atoms with van der Waals surface area (Å²) in [6.07, 6.45) is 2.75. The standard InChI is InChI=1S/C17H24BN3O3/c1-15(2)16(3,4)24-18(23-15)12-6-7-14-13(10-12)19-20-21(14)11-17(22)8-5-9-17/h6-7,10,22H,5,8-9,11H2,1-4H3. The average molecular weight is 329 g/mol. The van der Waals surface area contributed by atoms with Crippen molar-refractivity contribution < 1.29 is 14.4 Å². The lowest BCUT2D eigenvalue weighted by Crippen LogP contribution is -2.41. The minimum Gasteiger partial charge on any atom is -0.399 e. The molecule has 2 heterocycles. The summed E-state index contributed by atoms with van der Waals surface area (Å²) >= 11 is 0. The molecule has 0 atom stereocenters. The van der Waals surface area contributed by atoms with E-state index in [1.165, 1.54) is 0 Å². The van der Waals surface area contributed by atoms with Crippen LogP contribution in [-0.2, 0) is 15.9 Å². The summed E-state index contributed by atoms with van der Waals surface area (Å²) in [4.78, 5) is 0. The van der Waals surface area contributed by atoms with Crippen LogP contribution in [0.3, 0.4) is 0 Å². The molecule has 6 nitrogen and oxygen atoms in total. The van der Waals surface area contributed by atoms with Crippen LogP contribution >= 0.6 is 0 Å². The highest BCUT2D eigenvalue weighted by molar-refractivity contribution is 6.62. The minimum atomic E-state index is -0.620. The summed E-state index contributed by atoms with van der Waals surface area (Å²) in [5, 5.41) is 18.8. The third kappa shape index (κ3) is 2.46. The monoisotopic (exact) mass is 329 g/mol. The van der Waals surface area contributed by atoms with E-state index >= 15 is 0 Å². The van der Waals surface area contributed by atoms with Crippen molar-refractivity contribution in [1.29, 1.82) is 0 Å². The van der Waals surface area contributed by atoms with Crippen LogP contribution in [0.1, 0.15) is 47.0 Å². The quantitative estimate of drug-likeness (QED) is 0.867. The van der Waals surface area contributed by atoms with Gasteiger partial charge >= 0.3 is 7.12 Å². The number of aromatic nitrogens is 3. The van der Waals surface area contributed by atoms with E-state index in [1.807, 2.05) is 45.9 Å². The molecule has 1 N–H and O–H groups in total. The molecule has 24 heavy (non-hydrogen) atoms. The molecule has 1 saturated heterocycles. The first kappa shape index (κ1) is 16.1. The molecule has 4 rings (SSSR count). The predicted octanol–water partition coefficient (Wildman–Crippen LogP) is 1.65. The van der Waals surface area contributed by atoms with Crippen molar-refractivity contribution in [2.45, 2.75) is 70.3 Å². The zero-order chi connectivity index (χ0) is 17.2. The molecule has 1 aliphatic carbocycles. The van der Waals surface area contributed by atoms with E-state index in [0.29, 0.717) is 6.54 Å². The molecule has 7 heteroatoms. The Morgan fingerprint density at radius 2 is 1.83 bits per heavy atom. The molecule has 0 unspecified atom stereocenters. The summed E-state index contributed by atoms with van der Waals surface area (Å²) < 4.78 is 14.0. The fourth-order valence-corrected chi connectivity index (χ4v) is 3.25. The molecule has 2 aliphatic rings. The van der Waals surface area contributed by atoms with Crippen LogP contribution in [0.5, 0.6) is 0 Å². The summed E-state index contributed by atoms with van der Waals surface area (Å²) in [6, 6.07) is 5.94. The first-order valence-electron chi connectivity index (χ1n) is 8.60. The van der Waals surface area contributed by atoms with Gasteiger partial charge in [0, 0.05) is 0 Å². The van der Waals surface area contributed by atoms with Gasteiger partial charge in [-0.05, 0) is 64.6 Å². The van der Waals surface area contributed by atoms with Crippen LogP contribution in [0.2, 0.25) is 0 Å². The van der Waals surface area contributed by atoms with E-state index in [1.54, 1.807) is 4.68 Å². The number of aliphatic hydroxyl groups is 1. The van der Waals surface area contributed by atoms with Gasteiger partial charge in [-0.1, -0.05) is 11.3 Å². The highest BCUT2D eigenvalue weighted by Gasteiger charge is 2.51. The Kier molecular flexibility index (Phi) is 3.37. The summed E-state index contributed by atoms with van der Waals surface area (Å²) in [5.41, 5.74) is 1.32. The lowest BCUT2D eigenvalue weighted by Gasteiger charge is -2.36. The van der Waals surface area contributed by atoms with Crippen LogP contribution in [-0.4, -0.2) is 44.0 Å². The average Bonchev–Trinajstić information content (AvgIpc) is 2.95. The predicted molar refractivity (Wildman–Crippen MR) is 92.0 cm³/mol. The maximum absolute atomic E-state index is 10.4. The third-order valence-electron chi connectivity index (χ3n) is 5.79. The van der Waals surface area contributed by atoms with Gasteiger partial charge in [0.05, 0.1) is 28.9 Å². The van der Waals surface area contributed by atoms with Gasteiger partial charge in [-0.3, -0.25) is 0 Å². The van der Waals surface area contributed by atoms with Gasteiger partial charge in [-0.15, -0.1) is 5.10 Å². The van der Waals surface area contributed by atoms with Crippen molar-refractivity contribution in [2.24, 2.45) is 0 Å². The second-order valence-electron chi connectivity index (χ2n) is 8.16. The second kappa shape index (κ2) is 5.03. The van der Waals surface area contributed by atoms with Gasteiger partial charge in [0.2, 0.25) is 0 Å². The molecule has 1 aromatic carbocycles. The van der Waals surface area contributed by atoms with Crippen molar-refractivity contribution in [3.8, 4) is 0 Å². The van der Waals surface area contributed by atoms with Gasteiger partial charge in [0.15, 0.2) is 0 Å². The molecule has 0 spiro atoms. The topological polar surface area (TPSA) is 69.4 Å². The number of rotatable bonds is 3. The number of benzene rings is 1. The number of hydrogen-bond acceptors (Lipinski definition) is 5. The molecular weight excluding hydrogens is 305 g/mol. The molecule has 2 aromatic rings. The summed E-state index contributed by atoms with van der Waals surface area (Å²) in [6.45, 7) is 8.67. The Balaban J connectivity index is 1.61. The van der Waals surface area contributed by atoms with E-state index in [4.69, 9.17) is 9.31 Å². The minimum absolute atomic E-state index is 0.363. The Morgan fingerprint density at radius 3 is 2.42 bits per heavy atom. The van der Waals surface area contributed by atoms with Crippen LogP contribution < -0.4 is 5.46 Å². The number of fused-ring (bicyclic) bond motifs is 1. The van der Waals surface area contributed by atoms with Gasteiger partial charge in [0.25, 0.3) is 0 Å². The van der Waals surface area contributed by atoms with Crippen LogP contribution in [0.4, 0.5) is 0 Å². The molecule has 0 amide bonds. The first-order valence-corrected chi connectivity index (χ1v) is 8.60. The molecule has 0 bridgehead atoms. The van der Waals surface area contributed by atoms with E-state index in [9.17, 15) is 5.11 Å². The largest absolute Gasteiger partial charge is 0.494 e. The maximum Gasteiger partial charge on any atom is 0.494 e. The highest BCUT2D eigenvalue weighted by atomic mass is 16.7. The van der Waals surface area contributed by atoms with Gasteiger partial charge in [0.1, 0.15) is 5.52 Å². The molecule has 2 fully saturated rings. The zero-order valence-corrected chi connectivity index (χ0v) is 14.7. The van der Waals surface area contributed by atoms with E-state index in [2.05, 4.69) is 10.3 Å². The third-order valence-corrected chi connectivity index (χ3v) is 5.79. The smallest absolute Gasteiger partial charge is 0.399 e. The summed E-state index contributed by atoms with van der Waals surface area (Å²) in [5.74, 6) is 0. The molecule has 1 aromatic heterocycles. The van der Waals surface area contributed by atoms with Crippen molar-refractivity contribution in [3.05, 3.63) is 18.2 Å². The zero-order valence-electron chi connectivity index (χ0n) is 14.7. The first-order chi connectivity index (χ1) is 11.2. The molecule has 1 saturated carbocycles. The molecule has 0 radical (unpaired) electrons. The SMILES string of the molecule is CC1(C)OB(c2ccc3c(c2)nnn3CC2(O)CCC2)OC1(C)C. The summed E-state index contributed by atoms with van der Waals surface area (Å²) in [7, 11) is -0.402. The Labute approximate surface area is 142 Å². The Hall–Kier alpha value is -1.44. The van der Waals surface area contributed by atoms with Gasteiger partial charge in [-0.25, -0.2) is 4.68 Å². The fraction of sp³-hybridized carbons (Fsp3) is 0.647. The van der Waals surface area contributed by atoms with Crippen molar-refractivity contribution in [1.82, 2.24) is 15.0 Å². The maximum atomic E-state index is 10.4. The lowest BCUT2D eigenvalue weighted by atomic mass is 9.79. The normalized spacial score (nSPS) is 24.3. The molecule has 1 aliphatic heterocycles. The van der Waals surface area contributed by atoms with Crippen molar-refractivity contribution in [2.75, 3.05) is 0 Å². The van der Waals surface area contributed by atoms with E-state index in [-0.39, 0.29) is 11.2 Å². The van der Waals surface area contributed by atoms with Gasteiger partial charge in [-0.2, -0.15) is 0 Å². The number of hydrogen-bond donors (Lipinski definition) is 1. The number of nitrogens with zero attached hydrogens (tertiary/aromatic N) is 3. The molecular formula is C17H24BN3O3. The van der Waals surface area contributed by atoms with Crippen LogP contribution in [0, 0.1) is 0 Å². The van der Waals surface area contributed by atoms with Crippen molar-refractivity contribution in [3.63, 3.8) is 0 Å². The van der Waals surface area contributed by atoms with Crippen LogP contribution in [0.25, 0.3) is 11.0 Å². The molecule has 128 valence electrons. The Morgan fingerprint density at radius 1 is 1.17 bits per heavy atom. The van der Waals surface area contributed by atoms with Crippen molar-refractivity contribution >= 4 is 23.6 Å². The van der Waals surface area contributed by atoms with Crippen LogP contribution in [0.15, 0.2) is 18.2 Å². The van der Waals surface area contributed by atoms with Gasteiger partial charge < -0.3 is 14.4 Å².